The number of ether oxygens (including phenoxy) is 1. The third kappa shape index (κ3) is 4.57. The Morgan fingerprint density at radius 1 is 1.10 bits per heavy atom. The number of aromatic nitrogens is 2. The Labute approximate surface area is 191 Å². The Morgan fingerprint density at radius 2 is 1.84 bits per heavy atom. The van der Waals surface area contributed by atoms with Crippen LogP contribution in [0.15, 0.2) is 65.7 Å². The summed E-state index contributed by atoms with van der Waals surface area (Å²) in [6.45, 7) is 5.26. The summed E-state index contributed by atoms with van der Waals surface area (Å²) in [7, 11) is 0. The predicted molar refractivity (Wildman–Crippen MR) is 130 cm³/mol. The summed E-state index contributed by atoms with van der Waals surface area (Å²) in [5.74, 6) is 0.776. The molecule has 4 rings (SSSR count). The predicted octanol–water partition coefficient (Wildman–Crippen LogP) is 5.55. The van der Waals surface area contributed by atoms with Gasteiger partial charge in [0.2, 0.25) is 0 Å². The highest BCUT2D eigenvalue weighted by Crippen LogP contribution is 2.35. The third-order valence-corrected chi connectivity index (χ3v) is 6.22. The molecular weight excluding hydrogens is 426 g/mol. The number of carbonyl (C=O) groups excluding carboxylic acids is 1. The highest BCUT2D eigenvalue weighted by molar-refractivity contribution is 8.26. The van der Waals surface area contributed by atoms with Crippen LogP contribution < -0.4 is 4.74 Å². The maximum Gasteiger partial charge on any atom is 0.266 e. The van der Waals surface area contributed by atoms with E-state index >= 15 is 0 Å². The van der Waals surface area contributed by atoms with Gasteiger partial charge in [-0.25, -0.2) is 4.68 Å². The van der Waals surface area contributed by atoms with Gasteiger partial charge in [0, 0.05) is 23.9 Å². The zero-order chi connectivity index (χ0) is 21.8. The van der Waals surface area contributed by atoms with Gasteiger partial charge in [0.1, 0.15) is 10.1 Å². The molecule has 2 aromatic carbocycles. The number of likely N-dealkylation sites (N-methyl/N-ethyl adjacent to an activating group) is 1. The van der Waals surface area contributed by atoms with Gasteiger partial charge in [-0.15, -0.1) is 0 Å². The number of para-hydroxylation sites is 1. The number of rotatable bonds is 7. The topological polar surface area (TPSA) is 47.4 Å². The standard InChI is InChI=1S/C24H23N3O2S2/c1-3-14-29-20-12-10-17(11-13-20)22-18(15-21-23(28)26(4-2)24(30)31-21)16-27(25-22)19-8-6-5-7-9-19/h5-13,15-16H,3-4,14H2,1-2H3/b21-15-. The van der Waals surface area contributed by atoms with Crippen LogP contribution >= 0.6 is 24.0 Å². The molecule has 31 heavy (non-hydrogen) atoms. The van der Waals surface area contributed by atoms with Gasteiger partial charge in [-0.1, -0.05) is 49.1 Å². The average molecular weight is 450 g/mol. The molecule has 1 aliphatic heterocycles. The molecule has 0 radical (unpaired) electrons. The number of thioether (sulfide) groups is 1. The zero-order valence-corrected chi connectivity index (χ0v) is 19.1. The lowest BCUT2D eigenvalue weighted by atomic mass is 10.1. The molecule has 158 valence electrons. The summed E-state index contributed by atoms with van der Waals surface area (Å²) in [6, 6.07) is 17.8. The highest BCUT2D eigenvalue weighted by atomic mass is 32.2. The summed E-state index contributed by atoms with van der Waals surface area (Å²) in [4.78, 5) is 15.0. The quantitative estimate of drug-likeness (QED) is 0.350. The van der Waals surface area contributed by atoms with Crippen LogP contribution in [0.2, 0.25) is 0 Å². The van der Waals surface area contributed by atoms with E-state index in [1.165, 1.54) is 11.8 Å². The average Bonchev–Trinajstić information content (AvgIpc) is 3.33. The molecule has 0 spiro atoms. The van der Waals surface area contributed by atoms with E-state index in [1.54, 1.807) is 4.90 Å². The van der Waals surface area contributed by atoms with Crippen LogP contribution in [-0.4, -0.2) is 38.1 Å². The van der Waals surface area contributed by atoms with Crippen molar-refractivity contribution in [3.8, 4) is 22.7 Å². The molecular formula is C24H23N3O2S2. The van der Waals surface area contributed by atoms with Crippen molar-refractivity contribution in [3.63, 3.8) is 0 Å². The van der Waals surface area contributed by atoms with Crippen molar-refractivity contribution in [2.24, 2.45) is 0 Å². The van der Waals surface area contributed by atoms with E-state index < -0.39 is 0 Å². The number of hydrogen-bond donors (Lipinski definition) is 0. The van der Waals surface area contributed by atoms with Crippen molar-refractivity contribution in [3.05, 3.63) is 71.3 Å². The second-order valence-electron chi connectivity index (χ2n) is 7.01. The number of nitrogens with zero attached hydrogens (tertiary/aromatic N) is 3. The van der Waals surface area contributed by atoms with Gasteiger partial charge < -0.3 is 4.74 Å². The van der Waals surface area contributed by atoms with Crippen molar-refractivity contribution in [2.75, 3.05) is 13.2 Å². The molecule has 0 unspecified atom stereocenters. The van der Waals surface area contributed by atoms with Crippen LogP contribution in [0.1, 0.15) is 25.8 Å². The maximum atomic E-state index is 12.7. The summed E-state index contributed by atoms with van der Waals surface area (Å²) >= 11 is 6.69. The van der Waals surface area contributed by atoms with E-state index in [0.717, 1.165) is 34.7 Å². The minimum atomic E-state index is -0.0563. The van der Waals surface area contributed by atoms with Crippen LogP contribution in [-0.2, 0) is 4.79 Å². The van der Waals surface area contributed by atoms with Crippen LogP contribution in [0.25, 0.3) is 23.0 Å². The third-order valence-electron chi connectivity index (χ3n) is 4.84. The van der Waals surface area contributed by atoms with Gasteiger partial charge >= 0.3 is 0 Å². The molecule has 0 atom stereocenters. The molecule has 7 heteroatoms. The smallest absolute Gasteiger partial charge is 0.266 e. The summed E-state index contributed by atoms with van der Waals surface area (Å²) in [5, 5.41) is 4.83. The Balaban J connectivity index is 1.75. The Kier molecular flexibility index (Phi) is 6.53. The molecule has 1 saturated heterocycles. The molecule has 0 bridgehead atoms. The summed E-state index contributed by atoms with van der Waals surface area (Å²) in [6.07, 6.45) is 4.80. The maximum absolute atomic E-state index is 12.7. The molecule has 1 aliphatic rings. The van der Waals surface area contributed by atoms with E-state index in [-0.39, 0.29) is 5.91 Å². The molecule has 2 heterocycles. The van der Waals surface area contributed by atoms with E-state index in [1.807, 2.05) is 78.5 Å². The first kappa shape index (κ1) is 21.3. The minimum Gasteiger partial charge on any atom is -0.494 e. The van der Waals surface area contributed by atoms with Crippen LogP contribution in [0.3, 0.4) is 0 Å². The number of thiocarbonyl (C=S) groups is 1. The largest absolute Gasteiger partial charge is 0.494 e. The zero-order valence-electron chi connectivity index (χ0n) is 17.4. The fourth-order valence-electron chi connectivity index (χ4n) is 3.27. The molecule has 0 saturated carbocycles. The number of amides is 1. The summed E-state index contributed by atoms with van der Waals surface area (Å²) in [5.41, 5.74) is 3.57. The first-order valence-electron chi connectivity index (χ1n) is 10.2. The molecule has 1 aromatic heterocycles. The SMILES string of the molecule is CCCOc1ccc(-c2nn(-c3ccccc3)cc2/C=C2\SC(=S)N(CC)C2=O)cc1. The Hall–Kier alpha value is -2.90. The van der Waals surface area contributed by atoms with Crippen molar-refractivity contribution >= 4 is 40.3 Å². The van der Waals surface area contributed by atoms with E-state index in [4.69, 9.17) is 22.1 Å². The fraction of sp³-hybridized carbons (Fsp3) is 0.208. The van der Waals surface area contributed by atoms with E-state index in [9.17, 15) is 4.79 Å². The highest BCUT2D eigenvalue weighted by Gasteiger charge is 2.31. The lowest BCUT2D eigenvalue weighted by molar-refractivity contribution is -0.121. The fourth-order valence-corrected chi connectivity index (χ4v) is 4.65. The van der Waals surface area contributed by atoms with Gasteiger partial charge in [0.05, 0.1) is 22.9 Å². The normalized spacial score (nSPS) is 15.2. The first-order valence-corrected chi connectivity index (χ1v) is 11.5. The van der Waals surface area contributed by atoms with E-state index in [2.05, 4.69) is 6.92 Å². The van der Waals surface area contributed by atoms with Gasteiger partial charge in [0.15, 0.2) is 0 Å². The van der Waals surface area contributed by atoms with Crippen molar-refractivity contribution in [2.45, 2.75) is 20.3 Å². The van der Waals surface area contributed by atoms with Crippen LogP contribution in [0, 0.1) is 0 Å². The Morgan fingerprint density at radius 3 is 2.48 bits per heavy atom. The molecule has 5 nitrogen and oxygen atoms in total. The molecule has 0 aliphatic carbocycles. The van der Waals surface area contributed by atoms with E-state index in [0.29, 0.717) is 22.4 Å². The van der Waals surface area contributed by atoms with Gasteiger partial charge in [-0.05, 0) is 55.8 Å². The van der Waals surface area contributed by atoms with Crippen molar-refractivity contribution in [1.29, 1.82) is 0 Å². The number of hydrogen-bond acceptors (Lipinski definition) is 5. The van der Waals surface area contributed by atoms with Crippen LogP contribution in [0.4, 0.5) is 0 Å². The second kappa shape index (κ2) is 9.49. The first-order chi connectivity index (χ1) is 15.1. The van der Waals surface area contributed by atoms with Gasteiger partial charge in [-0.2, -0.15) is 5.10 Å². The molecule has 1 amide bonds. The van der Waals surface area contributed by atoms with Crippen LogP contribution in [0.5, 0.6) is 5.75 Å². The molecule has 0 N–H and O–H groups in total. The number of carbonyl (C=O) groups is 1. The monoisotopic (exact) mass is 449 g/mol. The Bertz CT molecular complexity index is 1120. The molecule has 3 aromatic rings. The van der Waals surface area contributed by atoms with Crippen molar-refractivity contribution in [1.82, 2.24) is 14.7 Å². The van der Waals surface area contributed by atoms with Gasteiger partial charge in [0.25, 0.3) is 5.91 Å². The lowest BCUT2D eigenvalue weighted by Crippen LogP contribution is -2.27. The van der Waals surface area contributed by atoms with Gasteiger partial charge in [-0.3, -0.25) is 9.69 Å². The van der Waals surface area contributed by atoms with Crippen molar-refractivity contribution < 1.29 is 9.53 Å². The molecule has 1 fully saturated rings. The minimum absolute atomic E-state index is 0.0563. The summed E-state index contributed by atoms with van der Waals surface area (Å²) < 4.78 is 8.13. The number of benzene rings is 2. The lowest BCUT2D eigenvalue weighted by Gasteiger charge is -2.09. The second-order valence-corrected chi connectivity index (χ2v) is 8.69.